The van der Waals surface area contributed by atoms with E-state index in [0.29, 0.717) is 12.8 Å². The van der Waals surface area contributed by atoms with Gasteiger partial charge in [0.05, 0.1) is 19.3 Å². The van der Waals surface area contributed by atoms with Crippen molar-refractivity contribution < 1.29 is 15.0 Å². The average molecular weight is 308 g/mol. The van der Waals surface area contributed by atoms with E-state index in [-0.39, 0.29) is 19.1 Å². The molecule has 0 saturated heterocycles. The van der Waals surface area contributed by atoms with Gasteiger partial charge in [-0.2, -0.15) is 0 Å². The van der Waals surface area contributed by atoms with Crippen molar-refractivity contribution >= 4 is 33.2 Å². The molecule has 4 nitrogen and oxygen atoms in total. The van der Waals surface area contributed by atoms with Gasteiger partial charge in [-0.25, -0.2) is 0 Å². The van der Waals surface area contributed by atoms with Gasteiger partial charge < -0.3 is 15.5 Å². The molecular weight excluding hydrogens is 294 g/mol. The summed E-state index contributed by atoms with van der Waals surface area (Å²) in [5.74, 6) is -0.155. The number of thiophene rings is 1. The van der Waals surface area contributed by atoms with E-state index in [0.717, 1.165) is 9.35 Å². The highest BCUT2D eigenvalue weighted by molar-refractivity contribution is 9.10. The van der Waals surface area contributed by atoms with Gasteiger partial charge >= 0.3 is 0 Å². The topological polar surface area (TPSA) is 69.6 Å². The van der Waals surface area contributed by atoms with Gasteiger partial charge in [-0.15, -0.1) is 11.3 Å². The minimum absolute atomic E-state index is 0.155. The maximum Gasteiger partial charge on any atom is 0.220 e. The first-order valence-electron chi connectivity index (χ1n) is 4.89. The van der Waals surface area contributed by atoms with Crippen LogP contribution in [0.5, 0.6) is 0 Å². The van der Waals surface area contributed by atoms with E-state index in [1.54, 1.807) is 11.3 Å². The Balaban J connectivity index is 2.30. The van der Waals surface area contributed by atoms with Gasteiger partial charge in [-0.05, 0) is 28.4 Å². The second kappa shape index (κ2) is 7.01. The minimum Gasteiger partial charge on any atom is -0.394 e. The normalized spacial score (nSPS) is 10.8. The standard InChI is InChI=1S/C10H14BrNO3S/c11-7-3-9(16-6-7)1-2-10(15)12-8(4-13)5-14/h3,6,8,13-14H,1-2,4-5H2,(H,12,15). The predicted octanol–water partition coefficient (Wildman–Crippen LogP) is 0.913. The van der Waals surface area contributed by atoms with E-state index in [1.807, 2.05) is 11.4 Å². The number of halogens is 1. The Hall–Kier alpha value is -0.430. The molecule has 1 rings (SSSR count). The Bertz CT molecular complexity index is 339. The molecular formula is C10H14BrNO3S. The zero-order valence-corrected chi connectivity index (χ0v) is 11.1. The van der Waals surface area contributed by atoms with Crippen molar-refractivity contribution in [3.8, 4) is 0 Å². The van der Waals surface area contributed by atoms with Crippen LogP contribution in [0.25, 0.3) is 0 Å². The fraction of sp³-hybridized carbons (Fsp3) is 0.500. The summed E-state index contributed by atoms with van der Waals surface area (Å²) in [4.78, 5) is 12.5. The largest absolute Gasteiger partial charge is 0.394 e. The van der Waals surface area contributed by atoms with Gasteiger partial charge in [-0.3, -0.25) is 4.79 Å². The van der Waals surface area contributed by atoms with Crippen LogP contribution in [0.1, 0.15) is 11.3 Å². The first kappa shape index (κ1) is 13.6. The van der Waals surface area contributed by atoms with Crippen molar-refractivity contribution in [1.82, 2.24) is 5.32 Å². The van der Waals surface area contributed by atoms with Crippen molar-refractivity contribution in [2.75, 3.05) is 13.2 Å². The number of nitrogens with one attached hydrogen (secondary N) is 1. The molecule has 0 aliphatic heterocycles. The Morgan fingerprint density at radius 1 is 1.50 bits per heavy atom. The molecule has 0 saturated carbocycles. The Morgan fingerprint density at radius 2 is 2.19 bits per heavy atom. The predicted molar refractivity (Wildman–Crippen MR) is 66.4 cm³/mol. The molecule has 3 N–H and O–H groups in total. The summed E-state index contributed by atoms with van der Waals surface area (Å²) >= 11 is 4.94. The molecule has 6 heteroatoms. The van der Waals surface area contributed by atoms with Gasteiger partial charge in [0.2, 0.25) is 5.91 Å². The molecule has 16 heavy (non-hydrogen) atoms. The summed E-state index contributed by atoms with van der Waals surface area (Å²) in [6, 6.07) is 1.43. The van der Waals surface area contributed by atoms with Gasteiger partial charge in [0.25, 0.3) is 0 Å². The summed E-state index contributed by atoms with van der Waals surface area (Å²) in [6.07, 6.45) is 1.04. The van der Waals surface area contributed by atoms with Crippen LogP contribution in [0.3, 0.4) is 0 Å². The SMILES string of the molecule is O=C(CCc1cc(Br)cs1)NC(CO)CO. The third kappa shape index (κ3) is 4.61. The molecule has 1 heterocycles. The highest BCUT2D eigenvalue weighted by Crippen LogP contribution is 2.20. The third-order valence-corrected chi connectivity index (χ3v) is 3.78. The highest BCUT2D eigenvalue weighted by Gasteiger charge is 2.10. The van der Waals surface area contributed by atoms with Crippen molar-refractivity contribution in [3.63, 3.8) is 0 Å². The Kier molecular flexibility index (Phi) is 5.97. The molecule has 1 aromatic heterocycles. The lowest BCUT2D eigenvalue weighted by Gasteiger charge is -2.12. The van der Waals surface area contributed by atoms with Crippen LogP contribution in [0.4, 0.5) is 0 Å². The van der Waals surface area contributed by atoms with Crippen LogP contribution in [-0.2, 0) is 11.2 Å². The molecule has 0 unspecified atom stereocenters. The lowest BCUT2D eigenvalue weighted by atomic mass is 10.2. The molecule has 0 aliphatic rings. The molecule has 0 aliphatic carbocycles. The van der Waals surface area contributed by atoms with Crippen LogP contribution in [0.2, 0.25) is 0 Å². The quantitative estimate of drug-likeness (QED) is 0.732. The van der Waals surface area contributed by atoms with Crippen molar-refractivity contribution in [1.29, 1.82) is 0 Å². The van der Waals surface area contributed by atoms with Gasteiger partial charge in [-0.1, -0.05) is 0 Å². The zero-order valence-electron chi connectivity index (χ0n) is 8.65. The number of carbonyl (C=O) groups excluding carboxylic acids is 1. The van der Waals surface area contributed by atoms with Crippen molar-refractivity contribution in [3.05, 3.63) is 20.8 Å². The summed E-state index contributed by atoms with van der Waals surface area (Å²) in [7, 11) is 0. The molecule has 90 valence electrons. The third-order valence-electron chi connectivity index (χ3n) is 2.03. The maximum atomic E-state index is 11.4. The molecule has 0 spiro atoms. The van der Waals surface area contributed by atoms with Crippen LogP contribution in [0.15, 0.2) is 15.9 Å². The molecule has 0 bridgehead atoms. The first-order valence-corrected chi connectivity index (χ1v) is 6.57. The van der Waals surface area contributed by atoms with E-state index in [9.17, 15) is 4.79 Å². The first-order chi connectivity index (χ1) is 7.65. The molecule has 0 radical (unpaired) electrons. The van der Waals surface area contributed by atoms with Crippen LogP contribution in [0, 0.1) is 0 Å². The maximum absolute atomic E-state index is 11.4. The molecule has 0 atom stereocenters. The van der Waals surface area contributed by atoms with Gasteiger partial charge in [0, 0.05) is 21.2 Å². The molecule has 0 aromatic carbocycles. The number of rotatable bonds is 6. The molecule has 1 amide bonds. The van der Waals surface area contributed by atoms with E-state index in [1.165, 1.54) is 0 Å². The summed E-state index contributed by atoms with van der Waals surface area (Å²) in [6.45, 7) is -0.487. The number of amides is 1. The number of carbonyl (C=O) groups is 1. The number of hydrogen-bond donors (Lipinski definition) is 3. The number of aryl methyl sites for hydroxylation is 1. The minimum atomic E-state index is -0.553. The van der Waals surface area contributed by atoms with Crippen molar-refractivity contribution in [2.24, 2.45) is 0 Å². The lowest BCUT2D eigenvalue weighted by molar-refractivity contribution is -0.122. The second-order valence-corrected chi connectivity index (χ2v) is 5.27. The molecule has 0 fully saturated rings. The number of aliphatic hydroxyl groups is 2. The van der Waals surface area contributed by atoms with Crippen LogP contribution >= 0.6 is 27.3 Å². The fourth-order valence-corrected chi connectivity index (χ4v) is 2.63. The summed E-state index contributed by atoms with van der Waals surface area (Å²) in [5.41, 5.74) is 0. The van der Waals surface area contributed by atoms with Crippen LogP contribution in [-0.4, -0.2) is 35.4 Å². The van der Waals surface area contributed by atoms with Gasteiger partial charge in [0.15, 0.2) is 0 Å². The van der Waals surface area contributed by atoms with E-state index in [2.05, 4.69) is 21.2 Å². The monoisotopic (exact) mass is 307 g/mol. The fourth-order valence-electron chi connectivity index (χ4n) is 1.17. The van der Waals surface area contributed by atoms with E-state index in [4.69, 9.17) is 10.2 Å². The second-order valence-electron chi connectivity index (χ2n) is 3.36. The average Bonchev–Trinajstić information content (AvgIpc) is 2.69. The molecule has 1 aromatic rings. The lowest BCUT2D eigenvalue weighted by Crippen LogP contribution is -2.40. The summed E-state index contributed by atoms with van der Waals surface area (Å²) in [5, 5.41) is 22.1. The number of hydrogen-bond acceptors (Lipinski definition) is 4. The van der Waals surface area contributed by atoms with E-state index >= 15 is 0 Å². The summed E-state index contributed by atoms with van der Waals surface area (Å²) < 4.78 is 1.02. The van der Waals surface area contributed by atoms with Crippen molar-refractivity contribution in [2.45, 2.75) is 18.9 Å². The zero-order chi connectivity index (χ0) is 12.0. The Labute approximate surface area is 106 Å². The van der Waals surface area contributed by atoms with Crippen LogP contribution < -0.4 is 5.32 Å². The Morgan fingerprint density at radius 3 is 2.69 bits per heavy atom. The van der Waals surface area contributed by atoms with Gasteiger partial charge in [0.1, 0.15) is 0 Å². The number of aliphatic hydroxyl groups excluding tert-OH is 2. The smallest absolute Gasteiger partial charge is 0.220 e. The van der Waals surface area contributed by atoms with E-state index < -0.39 is 6.04 Å². The highest BCUT2D eigenvalue weighted by atomic mass is 79.9.